The van der Waals surface area contributed by atoms with Crippen molar-refractivity contribution in [2.75, 3.05) is 0 Å². The third kappa shape index (κ3) is 6.60. The summed E-state index contributed by atoms with van der Waals surface area (Å²) in [4.78, 5) is 21.2. The molecule has 0 unspecified atom stereocenters. The van der Waals surface area contributed by atoms with E-state index in [2.05, 4.69) is 27.7 Å². The van der Waals surface area contributed by atoms with Crippen molar-refractivity contribution < 1.29 is 14.0 Å². The van der Waals surface area contributed by atoms with E-state index in [0.717, 1.165) is 37.4 Å². The first-order valence-electron chi connectivity index (χ1n) is 10.6. The number of hydrogen-bond donors (Lipinski definition) is 0. The molecule has 35 heavy (non-hydrogen) atoms. The molecule has 2 aromatic carbocycles. The number of nitrogens with zero attached hydrogens (tertiary/aromatic N) is 3. The van der Waals surface area contributed by atoms with Crippen LogP contribution in [-0.2, 0) is 9.59 Å². The number of benzene rings is 2. The summed E-state index contributed by atoms with van der Waals surface area (Å²) in [5, 5.41) is 6.97. The number of rotatable bonds is 6. The van der Waals surface area contributed by atoms with Crippen LogP contribution in [0.25, 0.3) is 27.5 Å². The van der Waals surface area contributed by atoms with Crippen molar-refractivity contribution in [3.8, 4) is 27.5 Å². The Kier molecular flexibility index (Phi) is 9.27. The molecule has 0 aliphatic heterocycles. The Morgan fingerprint density at radius 1 is 1.03 bits per heavy atom. The van der Waals surface area contributed by atoms with Crippen LogP contribution >= 0.6 is 46.3 Å². The third-order valence-corrected chi connectivity index (χ3v) is 7.74. The Balaban J connectivity index is 0.00000108. The molecule has 0 atom stereocenters. The van der Waals surface area contributed by atoms with E-state index in [1.54, 1.807) is 39.9 Å². The normalized spacial score (nSPS) is 10.9. The van der Waals surface area contributed by atoms with Gasteiger partial charge in [-0.25, -0.2) is 14.1 Å². The Morgan fingerprint density at radius 2 is 1.74 bits per heavy atom. The lowest BCUT2D eigenvalue weighted by Crippen LogP contribution is -1.97. The van der Waals surface area contributed by atoms with E-state index < -0.39 is 0 Å². The average Bonchev–Trinajstić information content (AvgIpc) is 3.41. The van der Waals surface area contributed by atoms with Crippen molar-refractivity contribution in [3.63, 3.8) is 0 Å². The van der Waals surface area contributed by atoms with Gasteiger partial charge in [0.2, 0.25) is 5.13 Å². The largest absolute Gasteiger partial charge is 0.373 e. The van der Waals surface area contributed by atoms with Crippen molar-refractivity contribution in [3.05, 3.63) is 70.2 Å². The summed E-state index contributed by atoms with van der Waals surface area (Å²) in [6.45, 7) is 8.46. The number of thiazole rings is 1. The van der Waals surface area contributed by atoms with E-state index in [4.69, 9.17) is 42.9 Å². The highest BCUT2D eigenvalue weighted by atomic mass is 35.5. The number of hydrogen-bond acceptors (Lipinski definition) is 6. The predicted molar refractivity (Wildman–Crippen MR) is 140 cm³/mol. The summed E-state index contributed by atoms with van der Waals surface area (Å²) in [6.07, 6.45) is 2.19. The molecular formula is C25H22Cl2FN3O2S2. The standard InChI is InChI=1S/C24H22Cl2FN3S2.CO2/c1-13(2)21-18(15-6-5-7-17(27)10-15)12-30(29-21)24-28-22(23(32-24)31-14(3)4)16-8-9-19(25)20(26)11-16;2-1-3/h5-14H,1-4H3;. The molecule has 0 fully saturated rings. The SMILES string of the molecule is CC(C)Sc1sc(-n2cc(-c3cccc(F)c3)c(C(C)C)n2)nc1-c1ccc(Cl)c(Cl)c1.O=C=O. The van der Waals surface area contributed by atoms with Crippen LogP contribution in [0.3, 0.4) is 0 Å². The maximum Gasteiger partial charge on any atom is 0.373 e. The van der Waals surface area contributed by atoms with E-state index in [-0.39, 0.29) is 17.9 Å². The molecule has 0 radical (unpaired) electrons. The van der Waals surface area contributed by atoms with E-state index in [9.17, 15) is 4.39 Å². The first kappa shape index (κ1) is 27.1. The first-order valence-corrected chi connectivity index (χ1v) is 13.1. The fourth-order valence-corrected chi connectivity index (χ4v) is 6.05. The van der Waals surface area contributed by atoms with Crippen molar-refractivity contribution >= 4 is 52.5 Å². The minimum atomic E-state index is -0.267. The second kappa shape index (κ2) is 12.0. The lowest BCUT2D eigenvalue weighted by atomic mass is 10.0. The molecule has 0 saturated carbocycles. The molecule has 0 amide bonds. The van der Waals surface area contributed by atoms with Crippen LogP contribution in [0, 0.1) is 5.82 Å². The number of halogens is 3. The van der Waals surface area contributed by atoms with Gasteiger partial charge < -0.3 is 0 Å². The van der Waals surface area contributed by atoms with E-state index in [1.807, 2.05) is 24.4 Å². The molecule has 10 heteroatoms. The van der Waals surface area contributed by atoms with Crippen LogP contribution < -0.4 is 0 Å². The van der Waals surface area contributed by atoms with Crippen LogP contribution in [0.4, 0.5) is 4.39 Å². The summed E-state index contributed by atoms with van der Waals surface area (Å²) >= 11 is 15.7. The lowest BCUT2D eigenvalue weighted by molar-refractivity contribution is -0.191. The van der Waals surface area contributed by atoms with Crippen molar-refractivity contribution in [2.45, 2.75) is 43.1 Å². The Hall–Kier alpha value is -2.48. The summed E-state index contributed by atoms with van der Waals surface area (Å²) in [5.74, 6) is -0.0924. The fourth-order valence-electron chi connectivity index (χ4n) is 3.30. The molecule has 0 spiro atoms. The van der Waals surface area contributed by atoms with Gasteiger partial charge in [0, 0.05) is 22.6 Å². The third-order valence-electron chi connectivity index (χ3n) is 4.74. The zero-order chi connectivity index (χ0) is 25.7. The predicted octanol–water partition coefficient (Wildman–Crippen LogP) is 8.15. The van der Waals surface area contributed by atoms with Gasteiger partial charge in [-0.1, -0.05) is 80.4 Å². The van der Waals surface area contributed by atoms with Gasteiger partial charge in [-0.15, -0.1) is 11.8 Å². The molecule has 0 saturated heterocycles. The quantitative estimate of drug-likeness (QED) is 0.227. The molecule has 182 valence electrons. The molecule has 5 nitrogen and oxygen atoms in total. The Labute approximate surface area is 221 Å². The number of aromatic nitrogens is 3. The topological polar surface area (TPSA) is 64.8 Å². The van der Waals surface area contributed by atoms with Gasteiger partial charge in [0.15, 0.2) is 0 Å². The van der Waals surface area contributed by atoms with Crippen LogP contribution in [0.2, 0.25) is 10.0 Å². The average molecular weight is 551 g/mol. The van der Waals surface area contributed by atoms with Crippen molar-refractivity contribution in [2.24, 2.45) is 0 Å². The maximum atomic E-state index is 13.9. The molecule has 0 aliphatic carbocycles. The molecule has 0 aliphatic rings. The van der Waals surface area contributed by atoms with Gasteiger partial charge in [0.25, 0.3) is 0 Å². The van der Waals surface area contributed by atoms with Gasteiger partial charge >= 0.3 is 6.15 Å². The van der Waals surface area contributed by atoms with Gasteiger partial charge in [0.1, 0.15) is 5.82 Å². The molecule has 0 N–H and O–H groups in total. The van der Waals surface area contributed by atoms with E-state index in [1.165, 1.54) is 12.1 Å². The number of carbonyl (C=O) groups excluding carboxylic acids is 2. The highest BCUT2D eigenvalue weighted by Crippen LogP contribution is 2.41. The summed E-state index contributed by atoms with van der Waals surface area (Å²) in [7, 11) is 0. The van der Waals surface area contributed by atoms with Crippen LogP contribution in [0.1, 0.15) is 39.3 Å². The minimum absolute atomic E-state index is 0.175. The smallest absolute Gasteiger partial charge is 0.217 e. The summed E-state index contributed by atoms with van der Waals surface area (Å²) in [5.41, 5.74) is 4.38. The minimum Gasteiger partial charge on any atom is -0.217 e. The molecule has 2 aromatic heterocycles. The highest BCUT2D eigenvalue weighted by molar-refractivity contribution is 8.01. The first-order chi connectivity index (χ1) is 16.6. The summed E-state index contributed by atoms with van der Waals surface area (Å²) < 4.78 is 16.8. The Morgan fingerprint density at radius 3 is 2.34 bits per heavy atom. The van der Waals surface area contributed by atoms with Crippen LogP contribution in [0.15, 0.2) is 52.9 Å². The summed E-state index contributed by atoms with van der Waals surface area (Å²) in [6, 6.07) is 12.2. The molecule has 0 bridgehead atoms. The van der Waals surface area contributed by atoms with Gasteiger partial charge in [-0.2, -0.15) is 14.7 Å². The second-order valence-electron chi connectivity index (χ2n) is 8.05. The number of thioether (sulfide) groups is 1. The zero-order valence-electron chi connectivity index (χ0n) is 19.4. The molecular weight excluding hydrogens is 528 g/mol. The van der Waals surface area contributed by atoms with Gasteiger partial charge in [-0.3, -0.25) is 0 Å². The van der Waals surface area contributed by atoms with Crippen molar-refractivity contribution in [1.82, 2.24) is 14.8 Å². The Bertz CT molecular complexity index is 1360. The van der Waals surface area contributed by atoms with Gasteiger partial charge in [0.05, 0.1) is 25.6 Å². The maximum absolute atomic E-state index is 13.9. The molecule has 2 heterocycles. The lowest BCUT2D eigenvalue weighted by Gasteiger charge is -2.05. The van der Waals surface area contributed by atoms with Gasteiger partial charge in [-0.05, 0) is 35.7 Å². The highest BCUT2D eigenvalue weighted by Gasteiger charge is 2.21. The van der Waals surface area contributed by atoms with Crippen LogP contribution in [-0.4, -0.2) is 26.2 Å². The monoisotopic (exact) mass is 549 g/mol. The van der Waals surface area contributed by atoms with E-state index >= 15 is 0 Å². The second-order valence-corrected chi connectivity index (χ2v) is 11.7. The molecule has 4 aromatic rings. The van der Waals surface area contributed by atoms with Crippen LogP contribution in [0.5, 0.6) is 0 Å². The zero-order valence-corrected chi connectivity index (χ0v) is 22.5. The van der Waals surface area contributed by atoms with Crippen molar-refractivity contribution in [1.29, 1.82) is 0 Å². The fraction of sp³-hybridized carbons (Fsp3) is 0.240. The van der Waals surface area contributed by atoms with E-state index in [0.29, 0.717) is 15.3 Å². The molecule has 4 rings (SSSR count).